The first-order chi connectivity index (χ1) is 13.9. The predicted molar refractivity (Wildman–Crippen MR) is 104 cm³/mol. The number of aromatic nitrogens is 4. The Bertz CT molecular complexity index is 1010. The largest absolute Gasteiger partial charge is 0.334 e. The molecular formula is C19H19F2N4O3P. The minimum absolute atomic E-state index is 0.154. The van der Waals surface area contributed by atoms with E-state index in [0.717, 1.165) is 0 Å². The van der Waals surface area contributed by atoms with Gasteiger partial charge in [0.25, 0.3) is 0 Å². The lowest BCUT2D eigenvalue weighted by Crippen LogP contribution is -2.08. The number of nitrogens with zero attached hydrogens (tertiary/aromatic N) is 4. The standard InChI is InChI=1S/C19H19F2N4O3P/c1-25-19(22-23-24-25)17(12-29(26,27-2)28-3)18(13-4-8-15(20)9-5-13)14-6-10-16(21)11-7-14/h4-11H,12H2,1-3H3. The summed E-state index contributed by atoms with van der Waals surface area (Å²) in [6, 6.07) is 11.5. The Hall–Kier alpha value is -2.74. The molecule has 0 unspecified atom stereocenters. The molecule has 0 aliphatic carbocycles. The van der Waals surface area contributed by atoms with Gasteiger partial charge in [-0.05, 0) is 51.4 Å². The maximum absolute atomic E-state index is 13.5. The van der Waals surface area contributed by atoms with Gasteiger partial charge >= 0.3 is 7.60 Å². The summed E-state index contributed by atoms with van der Waals surface area (Å²) in [5.41, 5.74) is 2.21. The lowest BCUT2D eigenvalue weighted by atomic mass is 9.93. The van der Waals surface area contributed by atoms with Gasteiger partial charge in [0.1, 0.15) is 11.6 Å². The van der Waals surface area contributed by atoms with Gasteiger partial charge in [-0.15, -0.1) is 5.10 Å². The second-order valence-electron chi connectivity index (χ2n) is 6.13. The third-order valence-electron chi connectivity index (χ3n) is 4.37. The van der Waals surface area contributed by atoms with Crippen molar-refractivity contribution >= 4 is 18.7 Å². The molecule has 152 valence electrons. The molecule has 0 saturated carbocycles. The van der Waals surface area contributed by atoms with E-state index in [1.807, 2.05) is 0 Å². The van der Waals surface area contributed by atoms with Crippen molar-refractivity contribution in [1.29, 1.82) is 0 Å². The molecule has 0 aliphatic rings. The number of halogens is 2. The average Bonchev–Trinajstić information content (AvgIpc) is 3.15. The van der Waals surface area contributed by atoms with Gasteiger partial charge in [0.05, 0.1) is 6.16 Å². The van der Waals surface area contributed by atoms with Crippen LogP contribution in [0.1, 0.15) is 17.0 Å². The Balaban J connectivity index is 2.34. The van der Waals surface area contributed by atoms with Crippen LogP contribution in [0.3, 0.4) is 0 Å². The molecule has 29 heavy (non-hydrogen) atoms. The summed E-state index contributed by atoms with van der Waals surface area (Å²) in [5, 5.41) is 11.5. The van der Waals surface area contributed by atoms with Crippen LogP contribution in [0.15, 0.2) is 48.5 Å². The van der Waals surface area contributed by atoms with Gasteiger partial charge in [-0.25, -0.2) is 13.5 Å². The zero-order chi connectivity index (χ0) is 21.0. The molecule has 1 aromatic heterocycles. The highest BCUT2D eigenvalue weighted by molar-refractivity contribution is 7.54. The normalized spacial score (nSPS) is 11.5. The Morgan fingerprint density at radius 2 is 1.45 bits per heavy atom. The number of rotatable bonds is 7. The van der Waals surface area contributed by atoms with Gasteiger partial charge in [0.15, 0.2) is 5.82 Å². The van der Waals surface area contributed by atoms with Crippen LogP contribution in [0.25, 0.3) is 11.1 Å². The molecule has 1 heterocycles. The van der Waals surface area contributed by atoms with E-state index in [2.05, 4.69) is 15.5 Å². The van der Waals surface area contributed by atoms with Crippen LogP contribution in [-0.2, 0) is 20.7 Å². The van der Waals surface area contributed by atoms with Crippen LogP contribution in [0.2, 0.25) is 0 Å². The molecule has 2 aromatic carbocycles. The van der Waals surface area contributed by atoms with Crippen molar-refractivity contribution in [2.75, 3.05) is 20.4 Å². The van der Waals surface area contributed by atoms with Crippen LogP contribution in [-0.4, -0.2) is 40.6 Å². The lowest BCUT2D eigenvalue weighted by molar-refractivity contribution is 0.279. The third kappa shape index (κ3) is 4.64. The van der Waals surface area contributed by atoms with Crippen LogP contribution in [0, 0.1) is 11.6 Å². The van der Waals surface area contributed by atoms with E-state index in [1.165, 1.54) is 43.2 Å². The van der Waals surface area contributed by atoms with Crippen molar-refractivity contribution in [2.24, 2.45) is 7.05 Å². The number of hydrogen-bond acceptors (Lipinski definition) is 6. The van der Waals surface area contributed by atoms with Crippen molar-refractivity contribution < 1.29 is 22.4 Å². The molecule has 0 saturated heterocycles. The topological polar surface area (TPSA) is 79.1 Å². The summed E-state index contributed by atoms with van der Waals surface area (Å²) in [7, 11) is 0.673. The number of allylic oxidation sites excluding steroid dienone is 1. The molecule has 3 aromatic rings. The second-order valence-corrected chi connectivity index (χ2v) is 8.40. The number of aryl methyl sites for hydroxylation is 1. The summed E-state index contributed by atoms with van der Waals surface area (Å²) < 4.78 is 51.7. The predicted octanol–water partition coefficient (Wildman–Crippen LogP) is 3.93. The first-order valence-electron chi connectivity index (χ1n) is 8.55. The first-order valence-corrected chi connectivity index (χ1v) is 10.3. The highest BCUT2D eigenvalue weighted by Crippen LogP contribution is 2.51. The molecule has 0 radical (unpaired) electrons. The molecule has 0 amide bonds. The van der Waals surface area contributed by atoms with Gasteiger partial charge in [0, 0.05) is 26.8 Å². The average molecular weight is 420 g/mol. The summed E-state index contributed by atoms with van der Waals surface area (Å²) in [5.74, 6) is -0.495. The van der Waals surface area contributed by atoms with Gasteiger partial charge in [-0.3, -0.25) is 4.57 Å². The van der Waals surface area contributed by atoms with E-state index in [9.17, 15) is 13.3 Å². The van der Waals surface area contributed by atoms with Crippen LogP contribution >= 0.6 is 7.60 Å². The summed E-state index contributed by atoms with van der Waals surface area (Å²) >= 11 is 0. The van der Waals surface area contributed by atoms with E-state index in [4.69, 9.17) is 9.05 Å². The number of benzene rings is 2. The second kappa shape index (κ2) is 8.73. The number of tetrazole rings is 1. The Labute approximate surface area is 166 Å². The molecular weight excluding hydrogens is 401 g/mol. The van der Waals surface area contributed by atoms with Gasteiger partial charge in [-0.1, -0.05) is 24.3 Å². The van der Waals surface area contributed by atoms with Gasteiger partial charge < -0.3 is 9.05 Å². The van der Waals surface area contributed by atoms with Crippen LogP contribution in [0.5, 0.6) is 0 Å². The minimum atomic E-state index is -3.53. The highest BCUT2D eigenvalue weighted by atomic mass is 31.2. The van der Waals surface area contributed by atoms with E-state index in [-0.39, 0.29) is 6.16 Å². The fraction of sp³-hybridized carbons (Fsp3) is 0.211. The molecule has 0 fully saturated rings. The Kier molecular flexibility index (Phi) is 6.32. The SMILES string of the molecule is COP(=O)(CC(=C(c1ccc(F)cc1)c1ccc(F)cc1)c1nnnn1C)OC. The molecule has 0 aliphatic heterocycles. The van der Waals surface area contributed by atoms with E-state index < -0.39 is 19.2 Å². The van der Waals surface area contributed by atoms with E-state index in [1.54, 1.807) is 31.3 Å². The minimum Gasteiger partial charge on any atom is -0.312 e. The van der Waals surface area contributed by atoms with Crippen molar-refractivity contribution in [3.05, 3.63) is 77.1 Å². The fourth-order valence-electron chi connectivity index (χ4n) is 2.89. The van der Waals surface area contributed by atoms with Crippen LogP contribution < -0.4 is 0 Å². The number of hydrogen-bond donors (Lipinski definition) is 0. The molecule has 0 bridgehead atoms. The monoisotopic (exact) mass is 420 g/mol. The molecule has 10 heteroatoms. The maximum Gasteiger partial charge on any atom is 0.334 e. The smallest absolute Gasteiger partial charge is 0.312 e. The van der Waals surface area contributed by atoms with Crippen LogP contribution in [0.4, 0.5) is 8.78 Å². The highest BCUT2D eigenvalue weighted by Gasteiger charge is 2.29. The maximum atomic E-state index is 13.5. The van der Waals surface area contributed by atoms with E-state index in [0.29, 0.717) is 28.1 Å². The Morgan fingerprint density at radius 3 is 1.83 bits per heavy atom. The van der Waals surface area contributed by atoms with Crippen molar-refractivity contribution in [3.8, 4) is 0 Å². The molecule has 7 nitrogen and oxygen atoms in total. The molecule has 0 N–H and O–H groups in total. The van der Waals surface area contributed by atoms with Crippen molar-refractivity contribution in [1.82, 2.24) is 20.2 Å². The zero-order valence-electron chi connectivity index (χ0n) is 16.0. The quantitative estimate of drug-likeness (QED) is 0.539. The Morgan fingerprint density at radius 1 is 0.966 bits per heavy atom. The summed E-state index contributed by atoms with van der Waals surface area (Å²) in [6.45, 7) is 0. The lowest BCUT2D eigenvalue weighted by Gasteiger charge is -2.19. The molecule has 0 spiro atoms. The molecule has 0 atom stereocenters. The van der Waals surface area contributed by atoms with Crippen molar-refractivity contribution in [3.63, 3.8) is 0 Å². The fourth-order valence-corrected chi connectivity index (χ4v) is 3.99. The zero-order valence-corrected chi connectivity index (χ0v) is 16.9. The van der Waals surface area contributed by atoms with E-state index >= 15 is 0 Å². The van der Waals surface area contributed by atoms with Gasteiger partial charge in [0.2, 0.25) is 0 Å². The first kappa shape index (κ1) is 21.0. The third-order valence-corrected chi connectivity index (χ3v) is 6.18. The molecule has 3 rings (SSSR count). The summed E-state index contributed by atoms with van der Waals surface area (Å²) in [4.78, 5) is 0. The van der Waals surface area contributed by atoms with Crippen molar-refractivity contribution in [2.45, 2.75) is 0 Å². The van der Waals surface area contributed by atoms with Gasteiger partial charge in [-0.2, -0.15) is 0 Å². The summed E-state index contributed by atoms with van der Waals surface area (Å²) in [6.07, 6.45) is -0.154.